The average molecular weight is 434 g/mol. The highest BCUT2D eigenvalue weighted by Gasteiger charge is 2.44. The highest BCUT2D eigenvalue weighted by atomic mass is 19.1. The van der Waals surface area contributed by atoms with Crippen molar-refractivity contribution in [3.8, 4) is 0 Å². The summed E-state index contributed by atoms with van der Waals surface area (Å²) in [4.78, 5) is 43.2. The van der Waals surface area contributed by atoms with Crippen molar-refractivity contribution in [2.75, 3.05) is 6.54 Å². The molecule has 7 nitrogen and oxygen atoms in total. The van der Waals surface area contributed by atoms with E-state index >= 15 is 0 Å². The number of carbonyl (C=O) groups is 3. The van der Waals surface area contributed by atoms with Gasteiger partial charge in [-0.05, 0) is 42.7 Å². The number of benzene rings is 2. The zero-order chi connectivity index (χ0) is 22.2. The molecule has 0 spiro atoms. The molecule has 2 aliphatic rings. The Kier molecular flexibility index (Phi) is 5.13. The summed E-state index contributed by atoms with van der Waals surface area (Å²) in [6.45, 7) is 0.384. The number of nitrogens with one attached hydrogen (secondary N) is 3. The molecule has 0 bridgehead atoms. The first-order valence-corrected chi connectivity index (χ1v) is 10.7. The van der Waals surface area contributed by atoms with E-state index in [-0.39, 0.29) is 29.3 Å². The van der Waals surface area contributed by atoms with E-state index in [0.717, 1.165) is 16.5 Å². The lowest BCUT2D eigenvalue weighted by atomic mass is 9.91. The Morgan fingerprint density at radius 1 is 1.16 bits per heavy atom. The molecule has 32 heavy (non-hydrogen) atoms. The molecular formula is C24H23FN4O3. The molecule has 2 aliphatic heterocycles. The van der Waals surface area contributed by atoms with Crippen molar-refractivity contribution in [3.63, 3.8) is 0 Å². The molecule has 3 atom stereocenters. The van der Waals surface area contributed by atoms with Crippen LogP contribution in [-0.4, -0.2) is 52.3 Å². The van der Waals surface area contributed by atoms with Gasteiger partial charge in [-0.25, -0.2) is 4.39 Å². The van der Waals surface area contributed by atoms with Crippen LogP contribution >= 0.6 is 0 Å². The number of aromatic nitrogens is 1. The highest BCUT2D eigenvalue weighted by Crippen LogP contribution is 2.25. The van der Waals surface area contributed by atoms with Crippen LogP contribution in [0.4, 0.5) is 4.39 Å². The number of carbonyl (C=O) groups excluding carboxylic acids is 3. The van der Waals surface area contributed by atoms with Crippen LogP contribution in [0, 0.1) is 5.82 Å². The second kappa shape index (κ2) is 8.11. The van der Waals surface area contributed by atoms with E-state index in [0.29, 0.717) is 25.8 Å². The molecule has 164 valence electrons. The number of nitrogens with zero attached hydrogens (tertiary/aromatic N) is 1. The van der Waals surface area contributed by atoms with Crippen LogP contribution in [0.1, 0.15) is 28.8 Å². The number of para-hydroxylation sites is 1. The molecule has 1 aromatic heterocycles. The van der Waals surface area contributed by atoms with Gasteiger partial charge in [-0.1, -0.05) is 24.3 Å². The van der Waals surface area contributed by atoms with Crippen molar-refractivity contribution in [1.82, 2.24) is 20.5 Å². The van der Waals surface area contributed by atoms with E-state index in [4.69, 9.17) is 0 Å². The Morgan fingerprint density at radius 2 is 2.00 bits per heavy atom. The summed E-state index contributed by atoms with van der Waals surface area (Å²) in [7, 11) is 0. The summed E-state index contributed by atoms with van der Waals surface area (Å²) < 4.78 is 13.4. The fourth-order valence-electron chi connectivity index (χ4n) is 4.70. The molecule has 0 aliphatic carbocycles. The number of fused-ring (bicyclic) bond motifs is 2. The first kappa shape index (κ1) is 20.2. The second-order valence-corrected chi connectivity index (χ2v) is 8.38. The number of H-pyrrole nitrogens is 1. The third-order valence-electron chi connectivity index (χ3n) is 6.32. The molecule has 3 heterocycles. The van der Waals surface area contributed by atoms with Crippen molar-refractivity contribution < 1.29 is 18.8 Å². The van der Waals surface area contributed by atoms with Crippen LogP contribution in [0.25, 0.3) is 10.9 Å². The third kappa shape index (κ3) is 3.72. The lowest BCUT2D eigenvalue weighted by Gasteiger charge is -2.44. The molecule has 0 radical (unpaired) electrons. The Morgan fingerprint density at radius 3 is 2.84 bits per heavy atom. The predicted molar refractivity (Wildman–Crippen MR) is 116 cm³/mol. The summed E-state index contributed by atoms with van der Waals surface area (Å²) in [6.07, 6.45) is 3.16. The Labute approximate surface area is 184 Å². The number of aromatic amines is 1. The zero-order valence-electron chi connectivity index (χ0n) is 17.3. The molecule has 3 N–H and O–H groups in total. The lowest BCUT2D eigenvalue weighted by molar-refractivity contribution is -0.151. The summed E-state index contributed by atoms with van der Waals surface area (Å²) in [5.74, 6) is -1.18. The van der Waals surface area contributed by atoms with Gasteiger partial charge in [0, 0.05) is 41.7 Å². The molecule has 2 saturated heterocycles. The van der Waals surface area contributed by atoms with E-state index in [2.05, 4.69) is 15.6 Å². The standard InChI is InChI=1S/C24H23FN4O3/c25-16-5-3-4-14(10-16)22(30)27-17-8-9-29-21(12-17)23(31)28-20(24(29)32)11-15-13-26-19-7-2-1-6-18(15)19/h1-7,10,13,17,20-21,26H,8-9,11-12H2,(H,27,30)(H,28,31). The molecule has 3 unspecified atom stereocenters. The fourth-order valence-corrected chi connectivity index (χ4v) is 4.70. The SMILES string of the molecule is O=C(NC1CCN2C(=O)C(Cc3c[nH]c4ccccc34)NC(=O)C2C1)c1cccc(F)c1. The molecule has 8 heteroatoms. The van der Waals surface area contributed by atoms with Crippen LogP contribution < -0.4 is 10.6 Å². The first-order valence-electron chi connectivity index (χ1n) is 10.7. The first-order chi connectivity index (χ1) is 15.5. The van der Waals surface area contributed by atoms with Gasteiger partial charge < -0.3 is 20.5 Å². The summed E-state index contributed by atoms with van der Waals surface area (Å²) in [6, 6.07) is 11.8. The topological polar surface area (TPSA) is 94.3 Å². The van der Waals surface area contributed by atoms with Gasteiger partial charge >= 0.3 is 0 Å². The van der Waals surface area contributed by atoms with E-state index < -0.39 is 17.9 Å². The quantitative estimate of drug-likeness (QED) is 0.587. The highest BCUT2D eigenvalue weighted by molar-refractivity contribution is 5.98. The van der Waals surface area contributed by atoms with Crippen molar-refractivity contribution >= 4 is 28.6 Å². The number of piperazine rings is 1. The molecule has 3 amide bonds. The molecule has 2 fully saturated rings. The van der Waals surface area contributed by atoms with E-state index in [1.807, 2.05) is 30.5 Å². The minimum Gasteiger partial charge on any atom is -0.361 e. The van der Waals surface area contributed by atoms with Crippen LogP contribution in [0.15, 0.2) is 54.7 Å². The van der Waals surface area contributed by atoms with Crippen molar-refractivity contribution in [1.29, 1.82) is 0 Å². The van der Waals surface area contributed by atoms with E-state index in [1.165, 1.54) is 18.2 Å². The molecule has 0 saturated carbocycles. The number of piperidine rings is 1. The van der Waals surface area contributed by atoms with E-state index in [1.54, 1.807) is 11.0 Å². The summed E-state index contributed by atoms with van der Waals surface area (Å²) in [5, 5.41) is 6.78. The third-order valence-corrected chi connectivity index (χ3v) is 6.32. The van der Waals surface area contributed by atoms with Crippen LogP contribution in [0.2, 0.25) is 0 Å². The molecule has 3 aromatic rings. The average Bonchev–Trinajstić information content (AvgIpc) is 3.20. The van der Waals surface area contributed by atoms with Gasteiger partial charge in [0.2, 0.25) is 11.8 Å². The minimum absolute atomic E-state index is 0.102. The van der Waals surface area contributed by atoms with Crippen molar-refractivity contribution in [3.05, 3.63) is 71.7 Å². The van der Waals surface area contributed by atoms with Crippen LogP contribution in [-0.2, 0) is 16.0 Å². The lowest BCUT2D eigenvalue weighted by Crippen LogP contribution is -2.67. The number of rotatable bonds is 4. The molecule has 2 aromatic carbocycles. The fraction of sp³-hybridized carbons (Fsp3) is 0.292. The van der Waals surface area contributed by atoms with Gasteiger partial charge in [0.1, 0.15) is 17.9 Å². The van der Waals surface area contributed by atoms with Gasteiger partial charge in [0.15, 0.2) is 0 Å². The number of hydrogen-bond acceptors (Lipinski definition) is 3. The number of amides is 3. The molecule has 5 rings (SSSR count). The van der Waals surface area contributed by atoms with Crippen molar-refractivity contribution in [2.45, 2.75) is 37.4 Å². The summed E-state index contributed by atoms with van der Waals surface area (Å²) in [5.41, 5.74) is 2.20. The maximum absolute atomic E-state index is 13.4. The van der Waals surface area contributed by atoms with Gasteiger partial charge in [-0.15, -0.1) is 0 Å². The smallest absolute Gasteiger partial charge is 0.251 e. The zero-order valence-corrected chi connectivity index (χ0v) is 17.3. The Hall–Kier alpha value is -3.68. The van der Waals surface area contributed by atoms with Gasteiger partial charge in [0.25, 0.3) is 5.91 Å². The van der Waals surface area contributed by atoms with Crippen LogP contribution in [0.5, 0.6) is 0 Å². The van der Waals surface area contributed by atoms with Crippen LogP contribution in [0.3, 0.4) is 0 Å². The number of hydrogen-bond donors (Lipinski definition) is 3. The maximum atomic E-state index is 13.4. The maximum Gasteiger partial charge on any atom is 0.251 e. The summed E-state index contributed by atoms with van der Waals surface area (Å²) >= 11 is 0. The van der Waals surface area contributed by atoms with Gasteiger partial charge in [0.05, 0.1) is 0 Å². The van der Waals surface area contributed by atoms with E-state index in [9.17, 15) is 18.8 Å². The Balaban J connectivity index is 1.25. The van der Waals surface area contributed by atoms with Gasteiger partial charge in [-0.3, -0.25) is 14.4 Å². The Bertz CT molecular complexity index is 1210. The predicted octanol–water partition coefficient (Wildman–Crippen LogP) is 2.14. The molecular weight excluding hydrogens is 411 g/mol. The van der Waals surface area contributed by atoms with Crippen molar-refractivity contribution in [2.24, 2.45) is 0 Å². The van der Waals surface area contributed by atoms with Gasteiger partial charge in [-0.2, -0.15) is 0 Å². The second-order valence-electron chi connectivity index (χ2n) is 8.38. The monoisotopic (exact) mass is 434 g/mol. The normalized spacial score (nSPS) is 23.0. The largest absolute Gasteiger partial charge is 0.361 e. The number of halogens is 1. The minimum atomic E-state index is -0.617.